The molecule has 2 aromatic carbocycles. The van der Waals surface area contributed by atoms with Crippen LogP contribution in [0.3, 0.4) is 0 Å². The van der Waals surface area contributed by atoms with Crippen molar-refractivity contribution in [2.24, 2.45) is 0 Å². The monoisotopic (exact) mass is 611 g/mol. The Balaban J connectivity index is 1.58. The van der Waals surface area contributed by atoms with Gasteiger partial charge in [0.1, 0.15) is 17.0 Å². The molecule has 3 aromatic rings. The fourth-order valence-electron chi connectivity index (χ4n) is 4.72. The Morgan fingerprint density at radius 2 is 1.63 bits per heavy atom. The van der Waals surface area contributed by atoms with Crippen LogP contribution in [0.5, 0.6) is 17.4 Å². The second kappa shape index (κ2) is 11.4. The van der Waals surface area contributed by atoms with Gasteiger partial charge in [0.2, 0.25) is 5.88 Å². The molecule has 1 fully saturated rings. The van der Waals surface area contributed by atoms with Crippen molar-refractivity contribution in [3.8, 4) is 17.4 Å². The number of benzene rings is 2. The second-order valence-corrected chi connectivity index (χ2v) is 10.1. The molecule has 0 aliphatic carbocycles. The number of alkyl halides is 6. The number of hydrogen-bond donors (Lipinski definition) is 2. The van der Waals surface area contributed by atoms with Gasteiger partial charge in [0.25, 0.3) is 11.5 Å². The quantitative estimate of drug-likeness (QED) is 0.224. The van der Waals surface area contributed by atoms with E-state index in [0.29, 0.717) is 35.4 Å². The molecule has 1 aliphatic heterocycles. The number of carbonyl (C=O) groups is 2. The molecule has 1 aliphatic rings. The lowest BCUT2D eigenvalue weighted by molar-refractivity contribution is -0.376. The number of pyridine rings is 1. The fourth-order valence-corrected chi connectivity index (χ4v) is 4.72. The van der Waals surface area contributed by atoms with Gasteiger partial charge in [-0.2, -0.15) is 26.3 Å². The number of rotatable bonds is 9. The largest absolute Gasteiger partial charge is 0.497 e. The van der Waals surface area contributed by atoms with Crippen molar-refractivity contribution in [3.63, 3.8) is 0 Å². The van der Waals surface area contributed by atoms with Crippen LogP contribution in [0.15, 0.2) is 60.8 Å². The van der Waals surface area contributed by atoms with Gasteiger partial charge in [-0.3, -0.25) is 9.69 Å². The molecule has 230 valence electrons. The van der Waals surface area contributed by atoms with Crippen molar-refractivity contribution in [3.05, 3.63) is 83.0 Å². The molecule has 1 saturated heterocycles. The molecule has 3 amide bonds. The average Bonchev–Trinajstić information content (AvgIpc) is 3.16. The highest BCUT2D eigenvalue weighted by Crippen LogP contribution is 2.50. The summed E-state index contributed by atoms with van der Waals surface area (Å²) in [4.78, 5) is 31.2. The summed E-state index contributed by atoms with van der Waals surface area (Å²) in [6, 6.07) is 10.9. The molecular formula is C29H27F6N3O5. The number of urea groups is 1. The molecule has 1 aromatic heterocycles. The van der Waals surface area contributed by atoms with Gasteiger partial charge < -0.3 is 19.9 Å². The van der Waals surface area contributed by atoms with Crippen LogP contribution in [-0.2, 0) is 28.9 Å². The molecule has 0 spiro atoms. The van der Waals surface area contributed by atoms with Crippen LogP contribution in [0.4, 0.5) is 31.1 Å². The maximum atomic E-state index is 13.4. The van der Waals surface area contributed by atoms with E-state index < -0.39 is 41.0 Å². The van der Waals surface area contributed by atoms with E-state index >= 15 is 0 Å². The molecule has 1 unspecified atom stereocenters. The number of imide groups is 1. The Labute approximate surface area is 242 Å². The molecular weight excluding hydrogens is 584 g/mol. The minimum Gasteiger partial charge on any atom is -0.497 e. The Hall–Kier alpha value is -4.33. The Kier molecular flexibility index (Phi) is 8.38. The normalized spacial score (nSPS) is 17.7. The number of aryl methyl sites for hydroxylation is 1. The second-order valence-electron chi connectivity index (χ2n) is 10.1. The van der Waals surface area contributed by atoms with Gasteiger partial charge in [-0.15, -0.1) is 0 Å². The number of carbonyl (C=O) groups excluding carboxylic acids is 2. The van der Waals surface area contributed by atoms with E-state index in [1.54, 1.807) is 38.1 Å². The molecule has 2 heterocycles. The van der Waals surface area contributed by atoms with Gasteiger partial charge in [0.15, 0.2) is 0 Å². The third-order valence-electron chi connectivity index (χ3n) is 7.11. The Morgan fingerprint density at radius 3 is 2.21 bits per heavy atom. The molecule has 0 saturated carbocycles. The predicted octanol–water partition coefficient (Wildman–Crippen LogP) is 6.11. The zero-order valence-electron chi connectivity index (χ0n) is 23.1. The first-order chi connectivity index (χ1) is 20.0. The summed E-state index contributed by atoms with van der Waals surface area (Å²) < 4.78 is 91.4. The van der Waals surface area contributed by atoms with Crippen LogP contribution in [0.2, 0.25) is 0 Å². The number of methoxy groups -OCH3 is 1. The van der Waals surface area contributed by atoms with E-state index in [1.807, 2.05) is 0 Å². The molecule has 4 rings (SSSR count). The predicted molar refractivity (Wildman–Crippen MR) is 140 cm³/mol. The number of nitrogens with zero attached hydrogens (tertiary/aromatic N) is 2. The minimum atomic E-state index is -6.03. The first-order valence-electron chi connectivity index (χ1n) is 13.0. The van der Waals surface area contributed by atoms with E-state index in [2.05, 4.69) is 10.3 Å². The van der Waals surface area contributed by atoms with Gasteiger partial charge in [-0.25, -0.2) is 9.78 Å². The van der Waals surface area contributed by atoms with Crippen LogP contribution < -0.4 is 14.8 Å². The van der Waals surface area contributed by atoms with Crippen LogP contribution >= 0.6 is 0 Å². The van der Waals surface area contributed by atoms with Crippen LogP contribution in [0.1, 0.15) is 42.5 Å². The summed E-state index contributed by atoms with van der Waals surface area (Å²) in [6.07, 6.45) is -10.4. The number of nitrogens with one attached hydrogen (secondary N) is 1. The Morgan fingerprint density at radius 1 is 0.977 bits per heavy atom. The summed E-state index contributed by atoms with van der Waals surface area (Å²) in [5.74, 6) is -0.124. The maximum absolute atomic E-state index is 13.4. The third kappa shape index (κ3) is 5.83. The van der Waals surface area contributed by atoms with Crippen molar-refractivity contribution < 1.29 is 50.5 Å². The summed E-state index contributed by atoms with van der Waals surface area (Å²) in [5.41, 5.74) is -6.91. The van der Waals surface area contributed by atoms with Crippen molar-refractivity contribution in [2.75, 3.05) is 7.11 Å². The molecule has 2 N–H and O–H groups in total. The smallest absolute Gasteiger partial charge is 0.430 e. The van der Waals surface area contributed by atoms with Gasteiger partial charge in [0, 0.05) is 17.8 Å². The summed E-state index contributed by atoms with van der Waals surface area (Å²) in [5, 5.41) is 12.5. The van der Waals surface area contributed by atoms with Crippen LogP contribution in [-0.4, -0.2) is 46.4 Å². The Bertz CT molecular complexity index is 1500. The van der Waals surface area contributed by atoms with E-state index in [4.69, 9.17) is 9.47 Å². The van der Waals surface area contributed by atoms with E-state index in [9.17, 15) is 41.0 Å². The fraction of sp³-hybridized carbons (Fsp3) is 0.345. The van der Waals surface area contributed by atoms with E-state index in [1.165, 1.54) is 25.4 Å². The molecule has 0 radical (unpaired) electrons. The van der Waals surface area contributed by atoms with E-state index in [-0.39, 0.29) is 30.2 Å². The average molecular weight is 612 g/mol. The van der Waals surface area contributed by atoms with Crippen molar-refractivity contribution in [1.82, 2.24) is 15.2 Å². The number of amides is 3. The van der Waals surface area contributed by atoms with Crippen LogP contribution in [0.25, 0.3) is 0 Å². The lowest BCUT2D eigenvalue weighted by Gasteiger charge is -2.33. The molecule has 1 atom stereocenters. The number of aliphatic hydroxyl groups is 1. The summed E-state index contributed by atoms with van der Waals surface area (Å²) in [6.45, 7) is 3.04. The number of hydrogen-bond acceptors (Lipinski definition) is 6. The standard InChI is InChI=1S/C29H27F6N3O5/c1-4-5-18-15-20(27(41,28(30,31)32)29(33,34)35)8-11-22(18)43-23-14-17(12-13-36-23)16-38-24(39)26(2,37-25(38)40)19-6-9-21(42-3)10-7-19/h6-15,41H,4-5,16H2,1-3H3,(H,37,40). The number of ether oxygens (including phenoxy) is 2. The SMILES string of the molecule is CCCc1cc(C(O)(C(F)(F)F)C(F)(F)F)ccc1Oc1cc(CN2C(=O)NC(C)(c3ccc(OC)cc3)C2=O)ccn1. The van der Waals surface area contributed by atoms with Crippen molar-refractivity contribution in [2.45, 2.75) is 56.7 Å². The highest BCUT2D eigenvalue weighted by molar-refractivity contribution is 6.07. The van der Waals surface area contributed by atoms with Gasteiger partial charge in [-0.1, -0.05) is 31.5 Å². The lowest BCUT2D eigenvalue weighted by Crippen LogP contribution is -2.53. The number of aromatic nitrogens is 1. The third-order valence-corrected chi connectivity index (χ3v) is 7.11. The molecule has 8 nitrogen and oxygen atoms in total. The first kappa shape index (κ1) is 31.6. The summed E-state index contributed by atoms with van der Waals surface area (Å²) >= 11 is 0. The maximum Gasteiger partial charge on any atom is 0.430 e. The highest BCUT2D eigenvalue weighted by atomic mass is 19.4. The molecule has 14 heteroatoms. The van der Waals surface area contributed by atoms with Crippen molar-refractivity contribution >= 4 is 11.9 Å². The zero-order valence-corrected chi connectivity index (χ0v) is 23.1. The lowest BCUT2D eigenvalue weighted by atomic mass is 9.90. The van der Waals surface area contributed by atoms with Gasteiger partial charge >= 0.3 is 18.4 Å². The molecule has 0 bridgehead atoms. The highest BCUT2D eigenvalue weighted by Gasteiger charge is 2.71. The summed E-state index contributed by atoms with van der Waals surface area (Å²) in [7, 11) is 1.49. The van der Waals surface area contributed by atoms with Crippen molar-refractivity contribution in [1.29, 1.82) is 0 Å². The van der Waals surface area contributed by atoms with Crippen LogP contribution in [0, 0.1) is 0 Å². The molecule has 43 heavy (non-hydrogen) atoms. The number of halogens is 6. The van der Waals surface area contributed by atoms with Gasteiger partial charge in [0.05, 0.1) is 13.7 Å². The minimum absolute atomic E-state index is 0.0246. The van der Waals surface area contributed by atoms with E-state index in [0.717, 1.165) is 11.0 Å². The van der Waals surface area contributed by atoms with Gasteiger partial charge in [-0.05, 0) is 60.4 Å². The topological polar surface area (TPSA) is 101 Å². The zero-order chi connectivity index (χ0) is 31.8. The first-order valence-corrected chi connectivity index (χ1v) is 13.0.